The molecule has 0 N–H and O–H groups in total. The number of hydrogen-bond donors (Lipinski definition) is 0. The van der Waals surface area contributed by atoms with Crippen LogP contribution in [0.5, 0.6) is 0 Å². The summed E-state index contributed by atoms with van der Waals surface area (Å²) in [4.78, 5) is 24.1. The molecule has 0 bridgehead atoms. The Balaban J connectivity index is 1.29. The topological polar surface area (TPSA) is 74.9 Å². The zero-order valence-electron chi connectivity index (χ0n) is 19.0. The van der Waals surface area contributed by atoms with Crippen LogP contribution in [0.3, 0.4) is 0 Å². The Hall–Kier alpha value is -2.29. The fraction of sp³-hybridized carbons (Fsp3) is 0.609. The predicted octanol–water partition coefficient (Wildman–Crippen LogP) is 2.19. The lowest BCUT2D eigenvalue weighted by atomic mass is 10.1. The summed E-state index contributed by atoms with van der Waals surface area (Å²) in [6.07, 6.45) is 0.187. The average molecular weight is 428 g/mol. The standard InChI is InChI=1S/C23H33N5O3/c1-16-7-5-6-8-20(16)22-24-21(31-25-22)15-26-9-11-27(12-10-26)19(4)23(29)28-13-17(2)30-18(3)14-28/h5-8,17-19H,9-15H2,1-4H3. The van der Waals surface area contributed by atoms with Gasteiger partial charge in [-0.15, -0.1) is 0 Å². The van der Waals surface area contributed by atoms with Crippen molar-refractivity contribution in [3.8, 4) is 11.4 Å². The van der Waals surface area contributed by atoms with E-state index in [0.717, 1.165) is 37.3 Å². The van der Waals surface area contributed by atoms with Gasteiger partial charge in [-0.2, -0.15) is 4.98 Å². The van der Waals surface area contributed by atoms with Gasteiger partial charge in [0.1, 0.15) is 0 Å². The second-order valence-corrected chi connectivity index (χ2v) is 8.82. The third-order valence-corrected chi connectivity index (χ3v) is 6.26. The van der Waals surface area contributed by atoms with Crippen LogP contribution in [-0.2, 0) is 16.1 Å². The maximum Gasteiger partial charge on any atom is 0.241 e. The van der Waals surface area contributed by atoms with Crippen LogP contribution in [-0.4, -0.2) is 88.3 Å². The number of aryl methyl sites for hydroxylation is 1. The normalized spacial score (nSPS) is 24.3. The van der Waals surface area contributed by atoms with E-state index < -0.39 is 0 Å². The van der Waals surface area contributed by atoms with Crippen LogP contribution in [0.2, 0.25) is 0 Å². The molecule has 2 aromatic rings. The lowest BCUT2D eigenvalue weighted by Gasteiger charge is -2.41. The molecule has 8 nitrogen and oxygen atoms in total. The summed E-state index contributed by atoms with van der Waals surface area (Å²) in [5.74, 6) is 1.47. The van der Waals surface area contributed by atoms with Crippen LogP contribution in [0.25, 0.3) is 11.4 Å². The summed E-state index contributed by atoms with van der Waals surface area (Å²) in [6, 6.07) is 7.93. The van der Waals surface area contributed by atoms with Gasteiger partial charge in [0, 0.05) is 44.8 Å². The number of amides is 1. The molecule has 2 saturated heterocycles. The highest BCUT2D eigenvalue weighted by molar-refractivity contribution is 5.81. The minimum Gasteiger partial charge on any atom is -0.372 e. The van der Waals surface area contributed by atoms with Gasteiger partial charge in [-0.05, 0) is 33.3 Å². The molecule has 31 heavy (non-hydrogen) atoms. The largest absolute Gasteiger partial charge is 0.372 e. The highest BCUT2D eigenvalue weighted by Gasteiger charge is 2.32. The summed E-state index contributed by atoms with van der Waals surface area (Å²) in [5, 5.41) is 4.16. The summed E-state index contributed by atoms with van der Waals surface area (Å²) in [7, 11) is 0. The van der Waals surface area contributed by atoms with Crippen molar-refractivity contribution in [3.63, 3.8) is 0 Å². The zero-order chi connectivity index (χ0) is 22.0. The van der Waals surface area contributed by atoms with E-state index in [1.807, 2.05) is 56.9 Å². The summed E-state index contributed by atoms with van der Waals surface area (Å²) in [5.41, 5.74) is 2.13. The number of benzene rings is 1. The Morgan fingerprint density at radius 2 is 1.81 bits per heavy atom. The quantitative estimate of drug-likeness (QED) is 0.724. The average Bonchev–Trinajstić information content (AvgIpc) is 3.21. The monoisotopic (exact) mass is 427 g/mol. The lowest BCUT2D eigenvalue weighted by molar-refractivity contribution is -0.148. The SMILES string of the molecule is Cc1ccccc1-c1noc(CN2CCN(C(C)C(=O)N3CC(C)OC(C)C3)CC2)n1. The Morgan fingerprint density at radius 3 is 2.48 bits per heavy atom. The maximum absolute atomic E-state index is 13.0. The second-order valence-electron chi connectivity index (χ2n) is 8.82. The first-order chi connectivity index (χ1) is 14.9. The molecule has 3 unspecified atom stereocenters. The van der Waals surface area contributed by atoms with E-state index in [0.29, 0.717) is 31.3 Å². The fourth-order valence-electron chi connectivity index (χ4n) is 4.53. The minimum atomic E-state index is -0.115. The Labute approximate surface area is 184 Å². The number of carbonyl (C=O) groups is 1. The molecule has 0 aliphatic carbocycles. The number of piperazine rings is 1. The highest BCUT2D eigenvalue weighted by Crippen LogP contribution is 2.21. The van der Waals surface area contributed by atoms with Crippen molar-refractivity contribution in [2.75, 3.05) is 39.3 Å². The number of rotatable bonds is 5. The molecular weight excluding hydrogens is 394 g/mol. The van der Waals surface area contributed by atoms with Crippen LogP contribution in [0.1, 0.15) is 32.2 Å². The molecular formula is C23H33N5O3. The number of ether oxygens (including phenoxy) is 1. The van der Waals surface area contributed by atoms with Crippen LogP contribution in [0.4, 0.5) is 0 Å². The molecule has 2 fully saturated rings. The van der Waals surface area contributed by atoms with E-state index in [-0.39, 0.29) is 24.2 Å². The van der Waals surface area contributed by atoms with Crippen LogP contribution >= 0.6 is 0 Å². The molecule has 168 valence electrons. The maximum atomic E-state index is 13.0. The Kier molecular flexibility index (Phi) is 6.69. The van der Waals surface area contributed by atoms with Gasteiger partial charge >= 0.3 is 0 Å². The van der Waals surface area contributed by atoms with E-state index in [4.69, 9.17) is 9.26 Å². The van der Waals surface area contributed by atoms with Crippen molar-refractivity contribution >= 4 is 5.91 Å². The minimum absolute atomic E-state index is 0.0933. The number of aromatic nitrogens is 2. The van der Waals surface area contributed by atoms with Gasteiger partial charge in [-0.25, -0.2) is 0 Å². The molecule has 3 atom stereocenters. The predicted molar refractivity (Wildman–Crippen MR) is 117 cm³/mol. The zero-order valence-corrected chi connectivity index (χ0v) is 19.0. The van der Waals surface area contributed by atoms with E-state index in [1.54, 1.807) is 0 Å². The van der Waals surface area contributed by atoms with Gasteiger partial charge in [-0.1, -0.05) is 29.4 Å². The molecule has 3 heterocycles. The first kappa shape index (κ1) is 21.9. The van der Waals surface area contributed by atoms with Gasteiger partial charge in [0.15, 0.2) is 0 Å². The van der Waals surface area contributed by atoms with Crippen molar-refractivity contribution in [1.82, 2.24) is 24.8 Å². The summed E-state index contributed by atoms with van der Waals surface area (Å²) < 4.78 is 11.3. The summed E-state index contributed by atoms with van der Waals surface area (Å²) >= 11 is 0. The number of hydrogen-bond acceptors (Lipinski definition) is 7. The van der Waals surface area contributed by atoms with Crippen molar-refractivity contribution < 1.29 is 14.1 Å². The van der Waals surface area contributed by atoms with Crippen LogP contribution < -0.4 is 0 Å². The molecule has 2 aliphatic heterocycles. The molecule has 0 spiro atoms. The van der Waals surface area contributed by atoms with E-state index >= 15 is 0 Å². The Morgan fingerprint density at radius 1 is 1.13 bits per heavy atom. The molecule has 0 saturated carbocycles. The molecule has 1 aromatic carbocycles. The van der Waals surface area contributed by atoms with Crippen molar-refractivity contribution in [2.45, 2.75) is 52.5 Å². The molecule has 0 radical (unpaired) electrons. The summed E-state index contributed by atoms with van der Waals surface area (Å²) in [6.45, 7) is 13.5. The van der Waals surface area contributed by atoms with Gasteiger partial charge in [0.25, 0.3) is 0 Å². The first-order valence-corrected chi connectivity index (χ1v) is 11.2. The van der Waals surface area contributed by atoms with Gasteiger partial charge in [-0.3, -0.25) is 14.6 Å². The Bertz CT molecular complexity index is 883. The number of carbonyl (C=O) groups excluding carboxylic acids is 1. The van der Waals surface area contributed by atoms with Gasteiger partial charge in [0.05, 0.1) is 24.8 Å². The van der Waals surface area contributed by atoms with Crippen molar-refractivity contribution in [3.05, 3.63) is 35.7 Å². The van der Waals surface area contributed by atoms with Crippen molar-refractivity contribution in [1.29, 1.82) is 0 Å². The number of morpholine rings is 1. The lowest BCUT2D eigenvalue weighted by Crippen LogP contribution is -2.57. The second kappa shape index (κ2) is 9.46. The van der Waals surface area contributed by atoms with E-state index in [9.17, 15) is 4.79 Å². The molecule has 4 rings (SSSR count). The van der Waals surface area contributed by atoms with Crippen LogP contribution in [0, 0.1) is 6.92 Å². The molecule has 8 heteroatoms. The molecule has 1 aromatic heterocycles. The molecule has 1 amide bonds. The van der Waals surface area contributed by atoms with E-state index in [1.165, 1.54) is 0 Å². The smallest absolute Gasteiger partial charge is 0.241 e. The fourth-order valence-corrected chi connectivity index (χ4v) is 4.53. The third kappa shape index (κ3) is 5.14. The molecule has 2 aliphatic rings. The van der Waals surface area contributed by atoms with Crippen LogP contribution in [0.15, 0.2) is 28.8 Å². The van der Waals surface area contributed by atoms with Crippen molar-refractivity contribution in [2.24, 2.45) is 0 Å². The van der Waals surface area contributed by atoms with Gasteiger partial charge < -0.3 is 14.2 Å². The first-order valence-electron chi connectivity index (χ1n) is 11.2. The van der Waals surface area contributed by atoms with Gasteiger partial charge in [0.2, 0.25) is 17.6 Å². The highest BCUT2D eigenvalue weighted by atomic mass is 16.5. The number of nitrogens with zero attached hydrogens (tertiary/aromatic N) is 5. The van der Waals surface area contributed by atoms with E-state index in [2.05, 4.69) is 19.9 Å². The third-order valence-electron chi connectivity index (χ3n) is 6.26.